The maximum absolute atomic E-state index is 14.0. The summed E-state index contributed by atoms with van der Waals surface area (Å²) in [6, 6.07) is 0.589. The lowest BCUT2D eigenvalue weighted by Crippen LogP contribution is -2.65. The number of aryl methyl sites for hydroxylation is 1. The van der Waals surface area contributed by atoms with Crippen LogP contribution < -0.4 is 15.4 Å². The lowest BCUT2D eigenvalue weighted by atomic mass is 9.57. The van der Waals surface area contributed by atoms with Gasteiger partial charge < -0.3 is 31.1 Å². The molecular formula is C27H36N4O9S. The molecule has 0 aromatic heterocycles. The van der Waals surface area contributed by atoms with Gasteiger partial charge in [0.15, 0.2) is 11.4 Å². The predicted octanol–water partition coefficient (Wildman–Crippen LogP) is -0.488. The summed E-state index contributed by atoms with van der Waals surface area (Å²) in [7, 11) is 3.24. The first-order valence-electron chi connectivity index (χ1n) is 13.1. The number of nitrogens with two attached hydrogens (primary N) is 1. The van der Waals surface area contributed by atoms with E-state index in [2.05, 4.69) is 4.72 Å². The molecule has 1 amide bonds. The van der Waals surface area contributed by atoms with Crippen LogP contribution in [0.25, 0.3) is 5.76 Å². The van der Waals surface area contributed by atoms with Gasteiger partial charge in [0.1, 0.15) is 22.8 Å². The molecule has 1 aromatic rings. The fourth-order valence-corrected chi connectivity index (χ4v) is 6.99. The van der Waals surface area contributed by atoms with Crippen molar-refractivity contribution in [3.8, 4) is 5.75 Å². The van der Waals surface area contributed by atoms with Gasteiger partial charge in [0.25, 0.3) is 5.91 Å². The summed E-state index contributed by atoms with van der Waals surface area (Å²) in [6.07, 6.45) is 1.79. The Morgan fingerprint density at radius 2 is 1.80 bits per heavy atom. The smallest absolute Gasteiger partial charge is 0.255 e. The van der Waals surface area contributed by atoms with Gasteiger partial charge >= 0.3 is 0 Å². The number of nitrogens with one attached hydrogen (secondary N) is 1. The van der Waals surface area contributed by atoms with E-state index in [1.807, 2.05) is 0 Å². The topological polar surface area (TPSA) is 211 Å². The Balaban J connectivity index is 1.88. The molecule has 1 fully saturated rings. The van der Waals surface area contributed by atoms with Crippen LogP contribution >= 0.6 is 0 Å². The van der Waals surface area contributed by atoms with Gasteiger partial charge in [-0.05, 0) is 62.9 Å². The van der Waals surface area contributed by atoms with Crippen molar-refractivity contribution < 1.29 is 43.2 Å². The van der Waals surface area contributed by atoms with E-state index < -0.39 is 68.1 Å². The van der Waals surface area contributed by atoms with Crippen molar-refractivity contribution in [2.75, 3.05) is 45.9 Å². The number of fused-ring (bicyclic) bond motifs is 3. The number of phenolic OH excluding ortho intramolecular Hbond substituents is 1. The fourth-order valence-electron chi connectivity index (χ4n) is 6.47. The molecule has 41 heavy (non-hydrogen) atoms. The van der Waals surface area contributed by atoms with E-state index in [1.165, 1.54) is 4.90 Å². The zero-order valence-corrected chi connectivity index (χ0v) is 24.4. The van der Waals surface area contributed by atoms with E-state index in [1.54, 1.807) is 39.2 Å². The van der Waals surface area contributed by atoms with Crippen molar-refractivity contribution in [2.45, 2.75) is 37.3 Å². The molecule has 4 unspecified atom stereocenters. The number of aliphatic hydroxyl groups excluding tert-OH is 2. The predicted molar refractivity (Wildman–Crippen MR) is 150 cm³/mol. The van der Waals surface area contributed by atoms with E-state index in [0.717, 1.165) is 6.26 Å². The molecule has 7 N–H and O–H groups in total. The number of primary amides is 1. The molecule has 0 aliphatic heterocycles. The lowest BCUT2D eigenvalue weighted by Gasteiger charge is -2.50. The van der Waals surface area contributed by atoms with Gasteiger partial charge in [0, 0.05) is 37.8 Å². The van der Waals surface area contributed by atoms with Crippen molar-refractivity contribution in [2.24, 2.45) is 17.6 Å². The molecule has 0 saturated heterocycles. The number of carbonyl (C=O) groups is 3. The maximum atomic E-state index is 14.0. The van der Waals surface area contributed by atoms with Gasteiger partial charge in [0.05, 0.1) is 17.9 Å². The van der Waals surface area contributed by atoms with Crippen LogP contribution in [-0.4, -0.2) is 104 Å². The number of phenols is 1. The van der Waals surface area contributed by atoms with Crippen molar-refractivity contribution in [1.82, 2.24) is 9.62 Å². The average Bonchev–Trinajstić information content (AvgIpc) is 2.83. The van der Waals surface area contributed by atoms with Crippen molar-refractivity contribution in [3.05, 3.63) is 39.7 Å². The number of Topliss-reactive ketones (excluding diaryl/α,β-unsaturated/α-hetero) is 2. The highest BCUT2D eigenvalue weighted by Gasteiger charge is 2.64. The SMILES string of the molecule is CN(C)c1cc(CCCNS(C)(=O)=O)c(O)c2c1CC1CC3C(N(C)C)C(=O)C(C(N)=O)=C(O)C3(O)C(=O)C1=C2O. The molecule has 3 aliphatic carbocycles. The number of benzene rings is 1. The first-order chi connectivity index (χ1) is 18.9. The summed E-state index contributed by atoms with van der Waals surface area (Å²) in [5.74, 6) is -7.02. The normalized spacial score (nSPS) is 26.2. The molecule has 13 nitrogen and oxygen atoms in total. The maximum Gasteiger partial charge on any atom is 0.255 e. The highest BCUT2D eigenvalue weighted by Crippen LogP contribution is 2.54. The van der Waals surface area contributed by atoms with Crippen molar-refractivity contribution in [1.29, 1.82) is 0 Å². The number of rotatable bonds is 8. The number of likely N-dealkylation sites (N-methyl/N-ethyl adjacent to an activating group) is 1. The van der Waals surface area contributed by atoms with E-state index in [-0.39, 0.29) is 42.7 Å². The molecule has 1 aromatic carbocycles. The van der Waals surface area contributed by atoms with Crippen LogP contribution in [0.5, 0.6) is 5.75 Å². The minimum absolute atomic E-state index is 0.00133. The minimum atomic E-state index is -3.40. The number of aromatic hydroxyl groups is 1. The summed E-state index contributed by atoms with van der Waals surface area (Å²) < 4.78 is 25.2. The fraction of sp³-hybridized carbons (Fsp3) is 0.519. The molecule has 0 radical (unpaired) electrons. The molecule has 224 valence electrons. The Kier molecular flexibility index (Phi) is 7.75. The Hall–Kier alpha value is -3.46. The zero-order valence-electron chi connectivity index (χ0n) is 23.6. The quantitative estimate of drug-likeness (QED) is 0.167. The van der Waals surface area contributed by atoms with E-state index in [4.69, 9.17) is 5.73 Å². The lowest BCUT2D eigenvalue weighted by molar-refractivity contribution is -0.153. The minimum Gasteiger partial charge on any atom is -0.508 e. The number of anilines is 1. The molecule has 0 bridgehead atoms. The number of hydrogen-bond donors (Lipinski definition) is 6. The van der Waals surface area contributed by atoms with Crippen LogP contribution in [0.1, 0.15) is 29.5 Å². The first-order valence-corrected chi connectivity index (χ1v) is 15.0. The Morgan fingerprint density at radius 3 is 2.34 bits per heavy atom. The van der Waals surface area contributed by atoms with Gasteiger partial charge in [0.2, 0.25) is 15.8 Å². The highest BCUT2D eigenvalue weighted by atomic mass is 32.2. The van der Waals surface area contributed by atoms with Crippen molar-refractivity contribution in [3.63, 3.8) is 0 Å². The third-order valence-electron chi connectivity index (χ3n) is 8.25. The average molecular weight is 593 g/mol. The summed E-state index contributed by atoms with van der Waals surface area (Å²) in [6.45, 7) is 0.119. The molecule has 0 heterocycles. The van der Waals surface area contributed by atoms with Gasteiger partial charge in [-0.3, -0.25) is 19.3 Å². The first kappa shape index (κ1) is 30.5. The van der Waals surface area contributed by atoms with Crippen LogP contribution in [0.15, 0.2) is 23.0 Å². The monoisotopic (exact) mass is 592 g/mol. The van der Waals surface area contributed by atoms with Crippen LogP contribution in [0, 0.1) is 11.8 Å². The molecular weight excluding hydrogens is 556 g/mol. The van der Waals surface area contributed by atoms with Crippen LogP contribution in [0.3, 0.4) is 0 Å². The summed E-state index contributed by atoms with van der Waals surface area (Å²) in [4.78, 5) is 42.6. The Bertz CT molecular complexity index is 1510. The van der Waals surface area contributed by atoms with Crippen LogP contribution in [-0.2, 0) is 37.2 Å². The molecule has 3 aliphatic rings. The number of sulfonamides is 1. The standard InChI is InChI=1S/C27H36N4O9S/c1-30(2)16-11-12(7-6-8-29-41(5,39)40)21(32)18-14(16)9-13-10-15-20(31(3)4)23(34)19(26(28)37)25(36)27(15,38)24(35)17(13)22(18)33/h11,13,15,20,29,32-33,36,38H,6-10H2,1-5H3,(H2,28,37). The number of hydrogen-bond acceptors (Lipinski definition) is 11. The number of nitrogens with zero attached hydrogens (tertiary/aromatic N) is 2. The molecule has 0 spiro atoms. The second-order valence-electron chi connectivity index (χ2n) is 11.4. The molecule has 4 atom stereocenters. The Labute approximate surface area is 238 Å². The van der Waals surface area contributed by atoms with Gasteiger partial charge in [-0.1, -0.05) is 0 Å². The Morgan fingerprint density at radius 1 is 1.17 bits per heavy atom. The highest BCUT2D eigenvalue weighted by molar-refractivity contribution is 7.88. The number of ketones is 2. The van der Waals surface area contributed by atoms with Gasteiger partial charge in [-0.15, -0.1) is 0 Å². The molecule has 1 saturated carbocycles. The van der Waals surface area contributed by atoms with Crippen molar-refractivity contribution >= 4 is 38.9 Å². The third-order valence-corrected chi connectivity index (χ3v) is 8.97. The summed E-state index contributed by atoms with van der Waals surface area (Å²) in [5, 5.41) is 45.5. The largest absolute Gasteiger partial charge is 0.508 e. The molecule has 4 rings (SSSR count). The van der Waals surface area contributed by atoms with Crippen LogP contribution in [0.4, 0.5) is 5.69 Å². The summed E-state index contributed by atoms with van der Waals surface area (Å²) >= 11 is 0. The number of aliphatic hydroxyl groups is 3. The third kappa shape index (κ3) is 4.88. The van der Waals surface area contributed by atoms with E-state index >= 15 is 0 Å². The molecule has 14 heteroatoms. The number of amides is 1. The zero-order chi connectivity index (χ0) is 30.8. The van der Waals surface area contributed by atoms with E-state index in [9.17, 15) is 43.2 Å². The number of carbonyl (C=O) groups excluding carboxylic acids is 3. The van der Waals surface area contributed by atoms with Gasteiger partial charge in [-0.25, -0.2) is 13.1 Å². The second-order valence-corrected chi connectivity index (χ2v) is 13.2. The second kappa shape index (κ2) is 10.4. The van der Waals surface area contributed by atoms with E-state index in [0.29, 0.717) is 23.2 Å². The van der Waals surface area contributed by atoms with Crippen LogP contribution in [0.2, 0.25) is 0 Å². The van der Waals surface area contributed by atoms with Gasteiger partial charge in [-0.2, -0.15) is 0 Å². The summed E-state index contributed by atoms with van der Waals surface area (Å²) in [5.41, 5.74) is 3.17.